The number of hydrogen-bond acceptors (Lipinski definition) is 3. The van der Waals surface area contributed by atoms with Crippen LogP contribution in [0.4, 0.5) is 0 Å². The van der Waals surface area contributed by atoms with Crippen LogP contribution >= 0.6 is 23.2 Å². The van der Waals surface area contributed by atoms with Gasteiger partial charge in [-0.1, -0.05) is 47.5 Å². The Morgan fingerprint density at radius 2 is 1.84 bits per heavy atom. The standard InChI is InChI=1S/C20H24Cl2N2O/c21-18-6-5-16(11-19(18)22)14-25-20-4-2-1-3-17(20)13-24-12-15-7-9-23-10-8-15/h1-6,11,15,23-24H,7-10,12-14H2. The molecule has 0 atom stereocenters. The Kier molecular flexibility index (Phi) is 7.00. The van der Waals surface area contributed by atoms with Crippen molar-refractivity contribution in [3.05, 3.63) is 63.6 Å². The first-order chi connectivity index (χ1) is 12.2. The molecule has 1 aliphatic heterocycles. The Bertz CT molecular complexity index is 687. The molecule has 25 heavy (non-hydrogen) atoms. The summed E-state index contributed by atoms with van der Waals surface area (Å²) in [5.74, 6) is 1.68. The SMILES string of the molecule is Clc1ccc(COc2ccccc2CNCC2CCNCC2)cc1Cl. The molecule has 1 saturated heterocycles. The molecule has 0 bridgehead atoms. The summed E-state index contributed by atoms with van der Waals surface area (Å²) < 4.78 is 6.01. The number of ether oxygens (including phenoxy) is 1. The number of halogens is 2. The Morgan fingerprint density at radius 1 is 1.04 bits per heavy atom. The van der Waals surface area contributed by atoms with Crippen LogP contribution in [-0.2, 0) is 13.2 Å². The van der Waals surface area contributed by atoms with Crippen LogP contribution in [0.15, 0.2) is 42.5 Å². The van der Waals surface area contributed by atoms with Gasteiger partial charge in [0.15, 0.2) is 0 Å². The maximum absolute atomic E-state index is 6.07. The minimum Gasteiger partial charge on any atom is -0.489 e. The van der Waals surface area contributed by atoms with Gasteiger partial charge in [-0.2, -0.15) is 0 Å². The van der Waals surface area contributed by atoms with Gasteiger partial charge in [-0.3, -0.25) is 0 Å². The fourth-order valence-corrected chi connectivity index (χ4v) is 3.40. The number of benzene rings is 2. The molecule has 1 fully saturated rings. The number of rotatable bonds is 7. The summed E-state index contributed by atoms with van der Waals surface area (Å²) in [7, 11) is 0. The summed E-state index contributed by atoms with van der Waals surface area (Å²) in [4.78, 5) is 0. The van der Waals surface area contributed by atoms with Crippen LogP contribution in [0, 0.1) is 5.92 Å². The molecule has 0 spiro atoms. The number of nitrogens with one attached hydrogen (secondary N) is 2. The monoisotopic (exact) mass is 378 g/mol. The molecular formula is C20H24Cl2N2O. The second-order valence-corrected chi connectivity index (χ2v) is 7.28. The van der Waals surface area contributed by atoms with Crippen molar-refractivity contribution in [2.75, 3.05) is 19.6 Å². The van der Waals surface area contributed by atoms with Crippen LogP contribution < -0.4 is 15.4 Å². The smallest absolute Gasteiger partial charge is 0.124 e. The van der Waals surface area contributed by atoms with Crippen molar-refractivity contribution < 1.29 is 4.74 Å². The minimum absolute atomic E-state index is 0.474. The van der Waals surface area contributed by atoms with Crippen molar-refractivity contribution in [1.29, 1.82) is 0 Å². The lowest BCUT2D eigenvalue weighted by molar-refractivity contribution is 0.301. The molecule has 0 saturated carbocycles. The summed E-state index contributed by atoms with van der Waals surface area (Å²) in [6.45, 7) is 4.62. The predicted molar refractivity (Wildman–Crippen MR) is 105 cm³/mol. The van der Waals surface area contributed by atoms with Crippen LogP contribution in [0.5, 0.6) is 5.75 Å². The van der Waals surface area contributed by atoms with Crippen molar-refractivity contribution in [3.8, 4) is 5.75 Å². The van der Waals surface area contributed by atoms with Gasteiger partial charge in [-0.05, 0) is 62.2 Å². The lowest BCUT2D eigenvalue weighted by atomic mass is 9.98. The number of piperidine rings is 1. The molecule has 2 aromatic carbocycles. The fraction of sp³-hybridized carbons (Fsp3) is 0.400. The van der Waals surface area contributed by atoms with E-state index >= 15 is 0 Å². The van der Waals surface area contributed by atoms with Crippen molar-refractivity contribution in [1.82, 2.24) is 10.6 Å². The Balaban J connectivity index is 1.53. The Labute approximate surface area is 159 Å². The highest BCUT2D eigenvalue weighted by Crippen LogP contribution is 2.24. The first kappa shape index (κ1) is 18.5. The van der Waals surface area contributed by atoms with E-state index in [-0.39, 0.29) is 0 Å². The summed E-state index contributed by atoms with van der Waals surface area (Å²) >= 11 is 12.0. The van der Waals surface area contributed by atoms with E-state index in [9.17, 15) is 0 Å². The summed E-state index contributed by atoms with van der Waals surface area (Å²) in [5.41, 5.74) is 2.18. The number of para-hydroxylation sites is 1. The van der Waals surface area contributed by atoms with Crippen molar-refractivity contribution in [2.24, 2.45) is 5.92 Å². The van der Waals surface area contributed by atoms with Gasteiger partial charge in [0.25, 0.3) is 0 Å². The van der Waals surface area contributed by atoms with Crippen molar-refractivity contribution in [3.63, 3.8) is 0 Å². The van der Waals surface area contributed by atoms with Crippen LogP contribution in [0.2, 0.25) is 10.0 Å². The molecule has 0 radical (unpaired) electrons. The van der Waals surface area contributed by atoms with E-state index in [2.05, 4.69) is 16.7 Å². The molecule has 3 rings (SSSR count). The molecule has 2 N–H and O–H groups in total. The van der Waals surface area contributed by atoms with Crippen molar-refractivity contribution in [2.45, 2.75) is 26.0 Å². The second-order valence-electron chi connectivity index (χ2n) is 6.47. The van der Waals surface area contributed by atoms with Crippen LogP contribution in [0.1, 0.15) is 24.0 Å². The zero-order chi connectivity index (χ0) is 17.5. The van der Waals surface area contributed by atoms with Crippen LogP contribution in [-0.4, -0.2) is 19.6 Å². The third kappa shape index (κ3) is 5.61. The van der Waals surface area contributed by atoms with Gasteiger partial charge >= 0.3 is 0 Å². The maximum atomic E-state index is 6.07. The van der Waals surface area contributed by atoms with Gasteiger partial charge in [0.1, 0.15) is 12.4 Å². The van der Waals surface area contributed by atoms with E-state index in [0.29, 0.717) is 16.7 Å². The molecule has 5 heteroatoms. The maximum Gasteiger partial charge on any atom is 0.124 e. The molecular weight excluding hydrogens is 355 g/mol. The topological polar surface area (TPSA) is 33.3 Å². The Hall–Kier alpha value is -1.26. The first-order valence-corrected chi connectivity index (χ1v) is 9.54. The Morgan fingerprint density at radius 3 is 2.64 bits per heavy atom. The minimum atomic E-state index is 0.474. The average molecular weight is 379 g/mol. The van der Waals surface area contributed by atoms with Gasteiger partial charge in [0.05, 0.1) is 10.0 Å². The molecule has 2 aromatic rings. The van der Waals surface area contributed by atoms with Gasteiger partial charge in [-0.25, -0.2) is 0 Å². The normalized spacial score (nSPS) is 15.3. The van der Waals surface area contributed by atoms with E-state index in [1.54, 1.807) is 6.07 Å². The summed E-state index contributed by atoms with van der Waals surface area (Å²) in [6.07, 6.45) is 2.50. The van der Waals surface area contributed by atoms with E-state index < -0.39 is 0 Å². The lowest BCUT2D eigenvalue weighted by Crippen LogP contribution is -2.33. The predicted octanol–water partition coefficient (Wildman–Crippen LogP) is 4.66. The van der Waals surface area contributed by atoms with Gasteiger partial charge < -0.3 is 15.4 Å². The van der Waals surface area contributed by atoms with E-state index in [4.69, 9.17) is 27.9 Å². The van der Waals surface area contributed by atoms with Crippen LogP contribution in [0.3, 0.4) is 0 Å². The zero-order valence-corrected chi connectivity index (χ0v) is 15.7. The third-order valence-electron chi connectivity index (χ3n) is 4.56. The van der Waals surface area contributed by atoms with Gasteiger partial charge in [0, 0.05) is 12.1 Å². The molecule has 0 unspecified atom stereocenters. The molecule has 0 aliphatic carbocycles. The van der Waals surface area contributed by atoms with E-state index in [1.165, 1.54) is 18.4 Å². The average Bonchev–Trinajstić information content (AvgIpc) is 2.64. The summed E-state index contributed by atoms with van der Waals surface area (Å²) in [6, 6.07) is 13.8. The molecule has 134 valence electrons. The van der Waals surface area contributed by atoms with Gasteiger partial charge in [0.2, 0.25) is 0 Å². The van der Waals surface area contributed by atoms with Crippen molar-refractivity contribution >= 4 is 23.2 Å². The van der Waals surface area contributed by atoms with Crippen LogP contribution in [0.25, 0.3) is 0 Å². The first-order valence-electron chi connectivity index (χ1n) is 8.78. The van der Waals surface area contributed by atoms with E-state index in [1.807, 2.05) is 30.3 Å². The highest BCUT2D eigenvalue weighted by molar-refractivity contribution is 6.42. The van der Waals surface area contributed by atoms with Gasteiger partial charge in [-0.15, -0.1) is 0 Å². The second kappa shape index (κ2) is 9.44. The molecule has 1 heterocycles. The molecule has 1 aliphatic rings. The third-order valence-corrected chi connectivity index (χ3v) is 5.30. The molecule has 3 nitrogen and oxygen atoms in total. The lowest BCUT2D eigenvalue weighted by Gasteiger charge is -2.23. The quantitative estimate of drug-likeness (QED) is 0.734. The number of hydrogen-bond donors (Lipinski definition) is 2. The fourth-order valence-electron chi connectivity index (χ4n) is 3.08. The highest BCUT2D eigenvalue weighted by Gasteiger charge is 2.12. The highest BCUT2D eigenvalue weighted by atomic mass is 35.5. The summed E-state index contributed by atoms with van der Waals surface area (Å²) in [5, 5.41) is 8.10. The van der Waals surface area contributed by atoms with E-state index in [0.717, 1.165) is 43.4 Å². The largest absolute Gasteiger partial charge is 0.489 e. The molecule has 0 amide bonds. The molecule has 0 aromatic heterocycles. The zero-order valence-electron chi connectivity index (χ0n) is 14.2.